The largest absolute Gasteiger partial charge is 0.393 e. The van der Waals surface area contributed by atoms with Crippen LogP contribution in [0.5, 0.6) is 0 Å². The molecule has 0 radical (unpaired) electrons. The first-order valence-corrected chi connectivity index (χ1v) is 21.9. The van der Waals surface area contributed by atoms with E-state index in [0.717, 1.165) is 24.8 Å². The summed E-state index contributed by atoms with van der Waals surface area (Å²) in [7, 11) is 0. The Kier molecular flexibility index (Phi) is 10.3. The third-order valence-corrected chi connectivity index (χ3v) is 18.2. The van der Waals surface area contributed by atoms with Crippen molar-refractivity contribution in [2.75, 3.05) is 13.2 Å². The maximum atomic E-state index is 16.9. The molecule has 0 aromatic carbocycles. The number of carbonyl (C=O) groups is 4. The predicted octanol–water partition coefficient (Wildman–Crippen LogP) is 4.61. The lowest BCUT2D eigenvalue weighted by Gasteiger charge is -2.62. The van der Waals surface area contributed by atoms with Crippen LogP contribution in [0.15, 0.2) is 47.6 Å². The van der Waals surface area contributed by atoms with E-state index in [4.69, 9.17) is 9.47 Å². The first-order valence-electron chi connectivity index (χ1n) is 21.9. The number of rotatable bonds is 6. The quantitative estimate of drug-likeness (QED) is 0.252. The van der Waals surface area contributed by atoms with E-state index >= 15 is 4.39 Å². The van der Waals surface area contributed by atoms with Crippen molar-refractivity contribution in [2.45, 2.75) is 147 Å². The fourth-order valence-electron chi connectivity index (χ4n) is 15.4. The molecule has 6 saturated carbocycles. The third kappa shape index (κ3) is 5.41. The summed E-state index contributed by atoms with van der Waals surface area (Å²) in [5.74, 6) is -2.09. The lowest BCUT2D eigenvalue weighted by molar-refractivity contribution is -0.219. The second-order valence-corrected chi connectivity index (χ2v) is 20.5. The fourth-order valence-corrected chi connectivity index (χ4v) is 15.4. The number of hydrogen-bond donors (Lipinski definition) is 5. The SMILES string of the molecule is CCC[C@@H]1O[C@@H]2C[C@H]3[C@@H]4CCC5=CC(=O)C=C[C@]5(C)[C@H]4[C@@H](O)C[C@]3(C)[C@]2(C(=O)CO)O1.C[C@H]1C[C@H]2[C@@H]3CCC4=CC(=O)C=C[C@]4(C)[C@@]3(F)[C@@H](O)C[C@]2(C)[C@@]1(O)C(=O)CO. The summed E-state index contributed by atoms with van der Waals surface area (Å²) < 4.78 is 29.5. The highest BCUT2D eigenvalue weighted by Crippen LogP contribution is 2.72. The Hall–Kier alpha value is -2.71. The van der Waals surface area contributed by atoms with E-state index in [1.54, 1.807) is 39.0 Å². The molecule has 0 aromatic rings. The van der Waals surface area contributed by atoms with Crippen LogP contribution in [0, 0.1) is 57.2 Å². The van der Waals surface area contributed by atoms with Gasteiger partial charge in [-0.25, -0.2) is 4.39 Å². The molecule has 0 unspecified atom stereocenters. The Morgan fingerprint density at radius 1 is 0.847 bits per heavy atom. The molecule has 0 aromatic heterocycles. The number of halogens is 1. The summed E-state index contributed by atoms with van der Waals surface area (Å²) in [6.07, 6.45) is 12.8. The van der Waals surface area contributed by atoms with E-state index < -0.39 is 88.6 Å². The molecule has 17 atom stereocenters. The van der Waals surface area contributed by atoms with E-state index in [1.807, 2.05) is 6.08 Å². The van der Waals surface area contributed by atoms with Gasteiger partial charge in [-0.1, -0.05) is 64.3 Å². The van der Waals surface area contributed by atoms with Crippen LogP contribution in [0.25, 0.3) is 0 Å². The topological polar surface area (TPSA) is 188 Å². The van der Waals surface area contributed by atoms with Crippen LogP contribution < -0.4 is 0 Å². The molecule has 324 valence electrons. The second kappa shape index (κ2) is 14.2. The van der Waals surface area contributed by atoms with Gasteiger partial charge in [-0.15, -0.1) is 0 Å². The molecular formula is C47H63FO11. The summed E-state index contributed by atoms with van der Waals surface area (Å²) >= 11 is 0. The fraction of sp³-hybridized carbons (Fsp3) is 0.745. The van der Waals surface area contributed by atoms with Crippen LogP contribution in [-0.2, 0) is 28.7 Å². The number of fused-ring (bicyclic) bond motifs is 12. The molecule has 59 heavy (non-hydrogen) atoms. The average Bonchev–Trinajstić information content (AvgIpc) is 3.75. The smallest absolute Gasteiger partial charge is 0.193 e. The van der Waals surface area contributed by atoms with Crippen LogP contribution in [-0.4, -0.2) is 103 Å². The monoisotopic (exact) mass is 822 g/mol. The van der Waals surface area contributed by atoms with Crippen LogP contribution in [0.1, 0.15) is 106 Å². The van der Waals surface area contributed by atoms with Crippen molar-refractivity contribution < 1.29 is 58.6 Å². The van der Waals surface area contributed by atoms with E-state index in [2.05, 4.69) is 20.8 Å². The molecule has 1 saturated heterocycles. The maximum absolute atomic E-state index is 16.9. The molecule has 9 rings (SSSR count). The van der Waals surface area contributed by atoms with Gasteiger partial charge in [0.05, 0.1) is 18.3 Å². The standard InChI is InChI=1S/C25H34O6.C22H29FO5/c1-4-5-21-30-20-11-17-16-7-6-14-10-15(27)8-9-23(14,2)22(16)18(28)12-24(17,3)25(20,31-21)19(29)13-26;1-12-8-16-15-5-4-13-9-14(25)6-7-19(13,2)21(15,23)17(26)10-20(16,3)22(12,28)18(27)11-24/h8-10,16-18,20-22,26,28H,4-7,11-13H2,1-3H3;6-7,9,12,15-17,24,26,28H,4-5,8,10-11H2,1-3H3/t16-,17-,18-,20+,21+,22+,23-,24-,25+;12-,15-,16-,17-,19-,20-,21-,22-/m00/s1. The molecule has 12 heteroatoms. The van der Waals surface area contributed by atoms with Gasteiger partial charge in [-0.05, 0) is 113 Å². The van der Waals surface area contributed by atoms with Gasteiger partial charge < -0.3 is 35.0 Å². The van der Waals surface area contributed by atoms with Gasteiger partial charge in [0.1, 0.15) is 18.8 Å². The van der Waals surface area contributed by atoms with E-state index in [1.165, 1.54) is 12.2 Å². The first-order chi connectivity index (χ1) is 27.7. The number of alkyl halides is 1. The van der Waals surface area contributed by atoms with Crippen LogP contribution in [0.2, 0.25) is 0 Å². The van der Waals surface area contributed by atoms with Gasteiger partial charge >= 0.3 is 0 Å². The highest BCUT2D eigenvalue weighted by Gasteiger charge is 2.77. The van der Waals surface area contributed by atoms with Crippen LogP contribution in [0.3, 0.4) is 0 Å². The number of carbonyl (C=O) groups excluding carboxylic acids is 4. The zero-order chi connectivity index (χ0) is 42.9. The van der Waals surface area contributed by atoms with Crippen LogP contribution in [0.4, 0.5) is 4.39 Å². The van der Waals surface area contributed by atoms with Gasteiger partial charge in [0.15, 0.2) is 40.7 Å². The van der Waals surface area contributed by atoms with Crippen LogP contribution >= 0.6 is 0 Å². The molecule has 0 amide bonds. The number of ether oxygens (including phenoxy) is 2. The number of aliphatic hydroxyl groups is 5. The molecule has 1 heterocycles. The van der Waals surface area contributed by atoms with E-state index in [9.17, 15) is 44.7 Å². The second-order valence-electron chi connectivity index (χ2n) is 20.5. The maximum Gasteiger partial charge on any atom is 0.193 e. The third-order valence-electron chi connectivity index (χ3n) is 18.2. The number of hydrogen-bond acceptors (Lipinski definition) is 11. The highest BCUT2D eigenvalue weighted by molar-refractivity contribution is 6.02. The molecule has 8 aliphatic carbocycles. The summed E-state index contributed by atoms with van der Waals surface area (Å²) in [5.41, 5.74) is -6.22. The molecule has 11 nitrogen and oxygen atoms in total. The average molecular weight is 823 g/mol. The van der Waals surface area contributed by atoms with Crippen molar-refractivity contribution in [3.63, 3.8) is 0 Å². The summed E-state index contributed by atoms with van der Waals surface area (Å²) in [6.45, 7) is 10.2. The lowest BCUT2D eigenvalue weighted by atomic mass is 9.44. The zero-order valence-corrected chi connectivity index (χ0v) is 35.3. The van der Waals surface area contributed by atoms with E-state index in [0.29, 0.717) is 44.1 Å². The molecule has 1 aliphatic heterocycles. The minimum absolute atomic E-state index is 0.0125. The first kappa shape index (κ1) is 43.0. The Balaban J connectivity index is 0.000000165. The Bertz CT molecular complexity index is 1940. The van der Waals surface area contributed by atoms with E-state index in [-0.39, 0.29) is 52.9 Å². The van der Waals surface area contributed by atoms with Gasteiger partial charge in [-0.2, -0.15) is 0 Å². The van der Waals surface area contributed by atoms with Crippen molar-refractivity contribution >= 4 is 23.1 Å². The number of allylic oxidation sites excluding steroid dienone is 8. The molecule has 9 aliphatic rings. The number of aliphatic hydroxyl groups excluding tert-OH is 4. The molecular weight excluding hydrogens is 760 g/mol. The Morgan fingerprint density at radius 3 is 2.15 bits per heavy atom. The summed E-state index contributed by atoms with van der Waals surface area (Å²) in [4.78, 5) is 49.6. The number of ketones is 4. The molecule has 0 spiro atoms. The van der Waals surface area contributed by atoms with Gasteiger partial charge in [0.25, 0.3) is 0 Å². The van der Waals surface area contributed by atoms with Crippen molar-refractivity contribution in [2.24, 2.45) is 57.2 Å². The molecule has 5 N–H and O–H groups in total. The Labute approximate surface area is 346 Å². The van der Waals surface area contributed by atoms with Gasteiger partial charge in [0.2, 0.25) is 0 Å². The van der Waals surface area contributed by atoms with Gasteiger partial charge in [0, 0.05) is 33.5 Å². The van der Waals surface area contributed by atoms with Crippen molar-refractivity contribution in [3.05, 3.63) is 47.6 Å². The van der Waals surface area contributed by atoms with Crippen molar-refractivity contribution in [1.29, 1.82) is 0 Å². The van der Waals surface area contributed by atoms with Gasteiger partial charge in [-0.3, -0.25) is 19.2 Å². The minimum atomic E-state index is -1.98. The van der Waals surface area contributed by atoms with Crippen molar-refractivity contribution in [1.82, 2.24) is 0 Å². The summed E-state index contributed by atoms with van der Waals surface area (Å²) in [6, 6.07) is 0. The molecule has 0 bridgehead atoms. The minimum Gasteiger partial charge on any atom is -0.393 e. The summed E-state index contributed by atoms with van der Waals surface area (Å²) in [5, 5.41) is 53.4. The zero-order valence-electron chi connectivity index (χ0n) is 35.3. The number of Topliss-reactive ketones (excluding diaryl/α,β-unsaturated/α-hetero) is 2. The predicted molar refractivity (Wildman–Crippen MR) is 213 cm³/mol. The molecule has 7 fully saturated rings. The van der Waals surface area contributed by atoms with Crippen molar-refractivity contribution in [3.8, 4) is 0 Å². The highest BCUT2D eigenvalue weighted by atomic mass is 19.1. The normalized spacial score (nSPS) is 51.4. The Morgan fingerprint density at radius 2 is 1.49 bits per heavy atom. The lowest BCUT2D eigenvalue weighted by Crippen LogP contribution is -2.69.